The molecule has 0 atom stereocenters. The number of urea groups is 1. The largest absolute Gasteiger partial charge is 0.334 e. The van der Waals surface area contributed by atoms with Crippen molar-refractivity contribution in [2.45, 2.75) is 6.54 Å². The van der Waals surface area contributed by atoms with Gasteiger partial charge in [-0.1, -0.05) is 6.07 Å². The second-order valence-electron chi connectivity index (χ2n) is 3.42. The van der Waals surface area contributed by atoms with Crippen LogP contribution in [0.3, 0.4) is 0 Å². The Morgan fingerprint density at radius 2 is 2.35 bits per heavy atom. The summed E-state index contributed by atoms with van der Waals surface area (Å²) in [6.07, 6.45) is 3.30. The van der Waals surface area contributed by atoms with Gasteiger partial charge in [-0.15, -0.1) is 0 Å². The Labute approximate surface area is 97.0 Å². The van der Waals surface area contributed by atoms with Crippen molar-refractivity contribution in [1.29, 1.82) is 0 Å². The number of benzene rings is 1. The molecule has 5 nitrogen and oxygen atoms in total. The Morgan fingerprint density at radius 1 is 1.47 bits per heavy atom. The molecule has 0 aliphatic rings. The van der Waals surface area contributed by atoms with Crippen LogP contribution in [0, 0.1) is 5.82 Å². The highest BCUT2D eigenvalue weighted by atomic mass is 19.1. The zero-order valence-electron chi connectivity index (χ0n) is 8.90. The van der Waals surface area contributed by atoms with Crippen LogP contribution in [0.15, 0.2) is 36.7 Å². The summed E-state index contributed by atoms with van der Waals surface area (Å²) in [4.78, 5) is 11.4. The van der Waals surface area contributed by atoms with Crippen LogP contribution < -0.4 is 10.6 Å². The number of H-pyrrole nitrogens is 1. The fourth-order valence-electron chi connectivity index (χ4n) is 1.30. The molecule has 1 aromatic heterocycles. The van der Waals surface area contributed by atoms with Gasteiger partial charge in [0.05, 0.1) is 6.20 Å². The third-order valence-corrected chi connectivity index (χ3v) is 2.09. The van der Waals surface area contributed by atoms with Crippen molar-refractivity contribution in [2.75, 3.05) is 5.32 Å². The van der Waals surface area contributed by atoms with E-state index >= 15 is 0 Å². The first-order valence-electron chi connectivity index (χ1n) is 5.02. The lowest BCUT2D eigenvalue weighted by atomic mass is 10.3. The average molecular weight is 234 g/mol. The minimum Gasteiger partial charge on any atom is -0.334 e. The van der Waals surface area contributed by atoms with Gasteiger partial charge in [0.2, 0.25) is 0 Å². The van der Waals surface area contributed by atoms with Crippen LogP contribution in [-0.4, -0.2) is 16.2 Å². The molecule has 1 aromatic carbocycles. The Balaban J connectivity index is 1.85. The fourth-order valence-corrected chi connectivity index (χ4v) is 1.30. The summed E-state index contributed by atoms with van der Waals surface area (Å²) >= 11 is 0. The summed E-state index contributed by atoms with van der Waals surface area (Å²) in [7, 11) is 0. The molecule has 17 heavy (non-hydrogen) atoms. The van der Waals surface area contributed by atoms with Gasteiger partial charge in [-0.2, -0.15) is 5.10 Å². The number of aromatic nitrogens is 2. The normalized spacial score (nSPS) is 9.94. The molecule has 0 spiro atoms. The maximum Gasteiger partial charge on any atom is 0.319 e. The summed E-state index contributed by atoms with van der Waals surface area (Å²) in [5, 5.41) is 11.5. The van der Waals surface area contributed by atoms with E-state index in [0.29, 0.717) is 12.2 Å². The van der Waals surface area contributed by atoms with Gasteiger partial charge in [-0.3, -0.25) is 5.10 Å². The lowest BCUT2D eigenvalue weighted by Crippen LogP contribution is -2.28. The van der Waals surface area contributed by atoms with Crippen molar-refractivity contribution < 1.29 is 9.18 Å². The smallest absolute Gasteiger partial charge is 0.319 e. The standard InChI is InChI=1S/C11H11FN4O/c12-9-2-1-3-10(4-9)16-11(17)13-5-8-6-14-15-7-8/h1-4,6-7H,5H2,(H,14,15)(H2,13,16,17). The first kappa shape index (κ1) is 11.1. The molecule has 88 valence electrons. The van der Waals surface area contributed by atoms with Crippen molar-refractivity contribution in [3.63, 3.8) is 0 Å². The number of hydrogen-bond acceptors (Lipinski definition) is 2. The highest BCUT2D eigenvalue weighted by Crippen LogP contribution is 2.08. The van der Waals surface area contributed by atoms with E-state index in [1.807, 2.05) is 0 Å². The van der Waals surface area contributed by atoms with E-state index in [2.05, 4.69) is 20.8 Å². The van der Waals surface area contributed by atoms with Gasteiger partial charge in [-0.05, 0) is 18.2 Å². The molecule has 1 heterocycles. The maximum atomic E-state index is 12.8. The number of rotatable bonds is 3. The van der Waals surface area contributed by atoms with Crippen molar-refractivity contribution in [3.05, 3.63) is 48.0 Å². The number of carbonyl (C=O) groups is 1. The second kappa shape index (κ2) is 5.11. The molecular weight excluding hydrogens is 223 g/mol. The summed E-state index contributed by atoms with van der Waals surface area (Å²) in [5.74, 6) is -0.391. The molecule has 0 unspecified atom stereocenters. The van der Waals surface area contributed by atoms with E-state index in [-0.39, 0.29) is 0 Å². The van der Waals surface area contributed by atoms with E-state index in [9.17, 15) is 9.18 Å². The van der Waals surface area contributed by atoms with Gasteiger partial charge < -0.3 is 10.6 Å². The summed E-state index contributed by atoms with van der Waals surface area (Å²) in [5.41, 5.74) is 1.27. The van der Waals surface area contributed by atoms with Crippen LogP contribution in [0.4, 0.5) is 14.9 Å². The predicted molar refractivity (Wildman–Crippen MR) is 60.8 cm³/mol. The molecule has 6 heteroatoms. The first-order chi connectivity index (χ1) is 8.24. The van der Waals surface area contributed by atoms with Crippen LogP contribution in [0.2, 0.25) is 0 Å². The third-order valence-electron chi connectivity index (χ3n) is 2.09. The summed E-state index contributed by atoms with van der Waals surface area (Å²) in [6.45, 7) is 0.359. The molecule has 0 fully saturated rings. The van der Waals surface area contributed by atoms with E-state index in [1.54, 1.807) is 18.5 Å². The average Bonchev–Trinajstić information content (AvgIpc) is 2.79. The zero-order valence-corrected chi connectivity index (χ0v) is 8.90. The molecule has 0 aliphatic heterocycles. The summed E-state index contributed by atoms with van der Waals surface area (Å²) in [6, 6.07) is 5.31. The molecule has 2 aromatic rings. The number of nitrogens with one attached hydrogen (secondary N) is 3. The fraction of sp³-hybridized carbons (Fsp3) is 0.0909. The molecule has 0 saturated carbocycles. The predicted octanol–water partition coefficient (Wildman–Crippen LogP) is 1.87. The van der Waals surface area contributed by atoms with Crippen molar-refractivity contribution >= 4 is 11.7 Å². The first-order valence-corrected chi connectivity index (χ1v) is 5.02. The molecule has 2 rings (SSSR count). The molecule has 3 N–H and O–H groups in total. The monoisotopic (exact) mass is 234 g/mol. The Morgan fingerprint density at radius 3 is 3.06 bits per heavy atom. The van der Waals surface area contributed by atoms with Gasteiger partial charge in [0.15, 0.2) is 0 Å². The van der Waals surface area contributed by atoms with Crippen LogP contribution in [-0.2, 0) is 6.54 Å². The number of nitrogens with zero attached hydrogens (tertiary/aromatic N) is 1. The van der Waals surface area contributed by atoms with Gasteiger partial charge in [-0.25, -0.2) is 9.18 Å². The maximum absolute atomic E-state index is 12.8. The Kier molecular flexibility index (Phi) is 3.34. The Hall–Kier alpha value is -2.37. The molecule has 0 aliphatic carbocycles. The van der Waals surface area contributed by atoms with Crippen molar-refractivity contribution in [1.82, 2.24) is 15.5 Å². The second-order valence-corrected chi connectivity index (χ2v) is 3.42. The number of amides is 2. The van der Waals surface area contributed by atoms with Gasteiger partial charge >= 0.3 is 6.03 Å². The lowest BCUT2D eigenvalue weighted by molar-refractivity contribution is 0.251. The minimum atomic E-state index is -0.392. The van der Waals surface area contributed by atoms with Crippen molar-refractivity contribution in [3.8, 4) is 0 Å². The van der Waals surface area contributed by atoms with Crippen LogP contribution in [0.25, 0.3) is 0 Å². The Bertz CT molecular complexity index is 498. The highest BCUT2D eigenvalue weighted by molar-refractivity contribution is 5.89. The molecular formula is C11H11FN4O. The van der Waals surface area contributed by atoms with Gasteiger partial charge in [0.1, 0.15) is 5.82 Å². The van der Waals surface area contributed by atoms with Crippen LogP contribution >= 0.6 is 0 Å². The number of hydrogen-bond donors (Lipinski definition) is 3. The number of anilines is 1. The minimum absolute atomic E-state index is 0.359. The summed E-state index contributed by atoms with van der Waals surface area (Å²) < 4.78 is 12.8. The van der Waals surface area contributed by atoms with E-state index in [4.69, 9.17) is 0 Å². The van der Waals surface area contributed by atoms with Crippen LogP contribution in [0.5, 0.6) is 0 Å². The zero-order chi connectivity index (χ0) is 12.1. The number of halogens is 1. The number of aromatic amines is 1. The van der Waals surface area contributed by atoms with Gasteiger partial charge in [0.25, 0.3) is 0 Å². The van der Waals surface area contributed by atoms with Crippen LogP contribution in [0.1, 0.15) is 5.56 Å². The van der Waals surface area contributed by atoms with E-state index < -0.39 is 11.8 Å². The molecule has 2 amide bonds. The van der Waals surface area contributed by atoms with Gasteiger partial charge in [0, 0.05) is 24.0 Å². The lowest BCUT2D eigenvalue weighted by Gasteiger charge is -2.06. The highest BCUT2D eigenvalue weighted by Gasteiger charge is 2.02. The van der Waals surface area contributed by atoms with Crippen molar-refractivity contribution in [2.24, 2.45) is 0 Å². The molecule has 0 saturated heterocycles. The topological polar surface area (TPSA) is 69.8 Å². The van der Waals surface area contributed by atoms with E-state index in [0.717, 1.165) is 5.56 Å². The quantitative estimate of drug-likeness (QED) is 0.758. The molecule has 0 bridgehead atoms. The number of carbonyl (C=O) groups excluding carboxylic acids is 1. The SMILES string of the molecule is O=C(NCc1cn[nH]c1)Nc1cccc(F)c1. The molecule has 0 radical (unpaired) electrons. The third kappa shape index (κ3) is 3.30. The van der Waals surface area contributed by atoms with E-state index in [1.165, 1.54) is 18.2 Å².